The first kappa shape index (κ1) is 11.8. The van der Waals surface area contributed by atoms with Crippen LogP contribution in [0.5, 0.6) is 0 Å². The summed E-state index contributed by atoms with van der Waals surface area (Å²) >= 11 is 0. The van der Waals surface area contributed by atoms with Gasteiger partial charge in [0.05, 0.1) is 0 Å². The van der Waals surface area contributed by atoms with Gasteiger partial charge in [-0.15, -0.1) is 0 Å². The smallest absolute Gasteiger partial charge is 1.00 e. The third-order valence-corrected chi connectivity index (χ3v) is 0.583. The fraction of sp³-hybridized carbons (Fsp3) is 0.800. The van der Waals surface area contributed by atoms with E-state index in [1.54, 1.807) is 0 Å². The summed E-state index contributed by atoms with van der Waals surface area (Å²) in [6.07, 6.45) is 0.278. The van der Waals surface area contributed by atoms with E-state index in [9.17, 15) is 4.79 Å². The standard InChI is InChI=1S/C5H10O2.K.H/c1-4(2)3-5(6)7;;/h4H,3H2,1-2H3,(H,6,7);;/q;+1;-1. The molecule has 0 aliphatic heterocycles. The minimum Gasteiger partial charge on any atom is -1.00 e. The maximum atomic E-state index is 9.81. The molecule has 0 aromatic heterocycles. The van der Waals surface area contributed by atoms with Crippen molar-refractivity contribution >= 4 is 5.97 Å². The fourth-order valence-corrected chi connectivity index (χ4v) is 0.349. The molecule has 44 valence electrons. The molecule has 0 saturated carbocycles. The first-order chi connectivity index (χ1) is 3.13. The monoisotopic (exact) mass is 142 g/mol. The summed E-state index contributed by atoms with van der Waals surface area (Å²) in [5, 5.41) is 8.08. The SMILES string of the molecule is CC(C)CC(=O)O.[H-].[K+]. The molecule has 0 spiro atoms. The van der Waals surface area contributed by atoms with Crippen LogP contribution >= 0.6 is 0 Å². The van der Waals surface area contributed by atoms with Crippen LogP contribution in [0.25, 0.3) is 0 Å². The number of aliphatic carboxylic acids is 1. The topological polar surface area (TPSA) is 37.3 Å². The van der Waals surface area contributed by atoms with Crippen LogP contribution in [-0.4, -0.2) is 11.1 Å². The zero-order valence-corrected chi connectivity index (χ0v) is 8.76. The molecule has 0 rings (SSSR count). The van der Waals surface area contributed by atoms with Gasteiger partial charge in [-0.05, 0) is 5.92 Å². The van der Waals surface area contributed by atoms with Gasteiger partial charge in [0.15, 0.2) is 0 Å². The van der Waals surface area contributed by atoms with Gasteiger partial charge in [0.25, 0.3) is 0 Å². The molecule has 0 aromatic rings. The van der Waals surface area contributed by atoms with E-state index in [4.69, 9.17) is 5.11 Å². The first-order valence-corrected chi connectivity index (χ1v) is 2.34. The van der Waals surface area contributed by atoms with Gasteiger partial charge < -0.3 is 6.53 Å². The van der Waals surface area contributed by atoms with Crippen molar-refractivity contribution in [2.75, 3.05) is 0 Å². The summed E-state index contributed by atoms with van der Waals surface area (Å²) in [6, 6.07) is 0. The molecule has 0 bridgehead atoms. The Morgan fingerprint density at radius 2 is 2.12 bits per heavy atom. The summed E-state index contributed by atoms with van der Waals surface area (Å²) in [5.41, 5.74) is 0. The minimum absolute atomic E-state index is 0. The minimum atomic E-state index is -0.713. The van der Waals surface area contributed by atoms with Crippen molar-refractivity contribution in [1.82, 2.24) is 0 Å². The molecule has 8 heavy (non-hydrogen) atoms. The first-order valence-electron chi connectivity index (χ1n) is 2.34. The van der Waals surface area contributed by atoms with Gasteiger partial charge in [0.2, 0.25) is 0 Å². The van der Waals surface area contributed by atoms with E-state index in [2.05, 4.69) is 0 Å². The molecule has 0 unspecified atom stereocenters. The second kappa shape index (κ2) is 6.23. The molecule has 0 amide bonds. The van der Waals surface area contributed by atoms with Crippen LogP contribution in [0.15, 0.2) is 0 Å². The Hall–Kier alpha value is 1.11. The van der Waals surface area contributed by atoms with Crippen LogP contribution in [0, 0.1) is 5.92 Å². The molecule has 0 fully saturated rings. The normalized spacial score (nSPS) is 8.38. The van der Waals surface area contributed by atoms with E-state index in [1.165, 1.54) is 0 Å². The van der Waals surface area contributed by atoms with E-state index in [0.717, 1.165) is 0 Å². The molecule has 3 heteroatoms. The van der Waals surface area contributed by atoms with E-state index < -0.39 is 5.97 Å². The van der Waals surface area contributed by atoms with Crippen LogP contribution < -0.4 is 51.4 Å². The summed E-state index contributed by atoms with van der Waals surface area (Å²) in [4.78, 5) is 9.81. The van der Waals surface area contributed by atoms with Gasteiger partial charge in [-0.3, -0.25) is 4.79 Å². The number of carboxylic acids is 1. The van der Waals surface area contributed by atoms with Crippen molar-refractivity contribution in [3.8, 4) is 0 Å². The van der Waals surface area contributed by atoms with Crippen LogP contribution in [0.1, 0.15) is 21.7 Å². The Morgan fingerprint density at radius 3 is 2.12 bits per heavy atom. The largest absolute Gasteiger partial charge is 1.00 e. The van der Waals surface area contributed by atoms with Crippen molar-refractivity contribution in [3.05, 3.63) is 0 Å². The summed E-state index contributed by atoms with van der Waals surface area (Å²) in [6.45, 7) is 3.77. The summed E-state index contributed by atoms with van der Waals surface area (Å²) < 4.78 is 0. The summed E-state index contributed by atoms with van der Waals surface area (Å²) in [7, 11) is 0. The zero-order chi connectivity index (χ0) is 5.86. The van der Waals surface area contributed by atoms with Gasteiger partial charge in [-0.2, -0.15) is 0 Å². The van der Waals surface area contributed by atoms with Gasteiger partial charge >= 0.3 is 57.4 Å². The molecule has 0 atom stereocenters. The van der Waals surface area contributed by atoms with Crippen molar-refractivity contribution in [2.24, 2.45) is 5.92 Å². The number of hydrogen-bond donors (Lipinski definition) is 1. The van der Waals surface area contributed by atoms with Crippen LogP contribution in [-0.2, 0) is 4.79 Å². The summed E-state index contributed by atoms with van der Waals surface area (Å²) in [5.74, 6) is -0.438. The molecular formula is C5H11KO2. The maximum Gasteiger partial charge on any atom is 1.00 e. The Morgan fingerprint density at radius 1 is 1.75 bits per heavy atom. The number of rotatable bonds is 2. The second-order valence-electron chi connectivity index (χ2n) is 1.99. The Balaban J connectivity index is -0.000000180. The van der Waals surface area contributed by atoms with Crippen LogP contribution in [0.4, 0.5) is 0 Å². The van der Waals surface area contributed by atoms with Crippen LogP contribution in [0.3, 0.4) is 0 Å². The predicted molar refractivity (Wildman–Crippen MR) is 28.2 cm³/mol. The molecule has 0 aliphatic rings. The molecular weight excluding hydrogens is 131 g/mol. The predicted octanol–water partition coefficient (Wildman–Crippen LogP) is -1.77. The Labute approximate surface area is 93.6 Å². The third kappa shape index (κ3) is 10.2. The van der Waals surface area contributed by atoms with Gasteiger partial charge in [-0.25, -0.2) is 0 Å². The molecule has 1 N–H and O–H groups in total. The number of carboxylic acid groups (broad SMARTS) is 1. The second-order valence-corrected chi connectivity index (χ2v) is 1.99. The van der Waals surface area contributed by atoms with Crippen molar-refractivity contribution in [1.29, 1.82) is 0 Å². The molecule has 0 aliphatic carbocycles. The number of hydrogen-bond acceptors (Lipinski definition) is 1. The average molecular weight is 142 g/mol. The molecule has 0 saturated heterocycles. The fourth-order valence-electron chi connectivity index (χ4n) is 0.349. The molecule has 2 nitrogen and oxygen atoms in total. The molecule has 0 radical (unpaired) electrons. The van der Waals surface area contributed by atoms with Crippen molar-refractivity contribution in [3.63, 3.8) is 0 Å². The van der Waals surface area contributed by atoms with Crippen molar-refractivity contribution < 1.29 is 62.7 Å². The quantitative estimate of drug-likeness (QED) is 0.463. The van der Waals surface area contributed by atoms with Gasteiger partial charge in [-0.1, -0.05) is 13.8 Å². The Kier molecular flexibility index (Phi) is 9.23. The zero-order valence-electron chi connectivity index (χ0n) is 6.64. The van der Waals surface area contributed by atoms with Crippen LogP contribution in [0.2, 0.25) is 0 Å². The number of carbonyl (C=O) groups is 1. The average Bonchev–Trinajstić information content (AvgIpc) is 1.27. The van der Waals surface area contributed by atoms with E-state index in [1.807, 2.05) is 13.8 Å². The third-order valence-electron chi connectivity index (χ3n) is 0.583. The molecule has 0 aromatic carbocycles. The van der Waals surface area contributed by atoms with Crippen molar-refractivity contribution in [2.45, 2.75) is 20.3 Å². The van der Waals surface area contributed by atoms with Gasteiger partial charge in [0.1, 0.15) is 0 Å². The van der Waals surface area contributed by atoms with E-state index in [0.29, 0.717) is 0 Å². The molecule has 0 heterocycles. The van der Waals surface area contributed by atoms with E-state index in [-0.39, 0.29) is 65.1 Å². The van der Waals surface area contributed by atoms with E-state index >= 15 is 0 Å². The Bertz CT molecular complexity index is 75.4. The van der Waals surface area contributed by atoms with Gasteiger partial charge in [0, 0.05) is 6.42 Å². The maximum absolute atomic E-state index is 9.81.